The summed E-state index contributed by atoms with van der Waals surface area (Å²) in [5.74, 6) is 0. The summed E-state index contributed by atoms with van der Waals surface area (Å²) in [5.41, 5.74) is 3.45. The van der Waals surface area contributed by atoms with E-state index in [0.717, 1.165) is 20.8 Å². The maximum absolute atomic E-state index is 5.43. The second-order valence-electron chi connectivity index (χ2n) is 4.37. The van der Waals surface area contributed by atoms with E-state index in [-0.39, 0.29) is 6.04 Å². The third-order valence-corrected chi connectivity index (χ3v) is 4.31. The molecule has 3 nitrogen and oxygen atoms in total. The molecule has 1 unspecified atom stereocenters. The zero-order valence-corrected chi connectivity index (χ0v) is 11.8. The van der Waals surface area contributed by atoms with Crippen LogP contribution in [0.4, 0.5) is 0 Å². The number of benzene rings is 1. The fraction of sp³-hybridized carbons (Fsp3) is 0.231. The number of imidazole rings is 1. The summed E-state index contributed by atoms with van der Waals surface area (Å²) >= 11 is 7.09. The first-order valence-electron chi connectivity index (χ1n) is 5.77. The standard InChI is InChI=1S/C13H13N3S2/c1-8-3-4-11-10(7-8)15-13(17)16(11)9(2)12-14-5-6-18-12/h3-7,9H,1-2H3,(H,15,17). The normalized spacial score (nSPS) is 13.0. The molecule has 3 aromatic rings. The van der Waals surface area contributed by atoms with Gasteiger partial charge in [-0.25, -0.2) is 4.98 Å². The summed E-state index contributed by atoms with van der Waals surface area (Å²) in [7, 11) is 0. The van der Waals surface area contributed by atoms with Crippen molar-refractivity contribution in [3.8, 4) is 0 Å². The first-order valence-corrected chi connectivity index (χ1v) is 7.06. The SMILES string of the molecule is Cc1ccc2c(c1)[nH]c(=S)n2C(C)c1nccs1. The lowest BCUT2D eigenvalue weighted by atomic mass is 10.2. The van der Waals surface area contributed by atoms with E-state index in [1.807, 2.05) is 11.6 Å². The second kappa shape index (κ2) is 4.33. The van der Waals surface area contributed by atoms with Gasteiger partial charge in [-0.15, -0.1) is 11.3 Å². The van der Waals surface area contributed by atoms with Crippen LogP contribution < -0.4 is 0 Å². The summed E-state index contributed by atoms with van der Waals surface area (Å²) in [5, 5.41) is 3.07. The van der Waals surface area contributed by atoms with E-state index >= 15 is 0 Å². The summed E-state index contributed by atoms with van der Waals surface area (Å²) in [6.07, 6.45) is 1.83. The van der Waals surface area contributed by atoms with Gasteiger partial charge in [0, 0.05) is 11.6 Å². The van der Waals surface area contributed by atoms with Gasteiger partial charge >= 0.3 is 0 Å². The van der Waals surface area contributed by atoms with Gasteiger partial charge in [0.15, 0.2) is 4.77 Å². The van der Waals surface area contributed by atoms with Crippen molar-refractivity contribution in [1.82, 2.24) is 14.5 Å². The number of hydrogen-bond acceptors (Lipinski definition) is 3. The molecule has 0 bridgehead atoms. The van der Waals surface area contributed by atoms with E-state index in [2.05, 4.69) is 46.6 Å². The van der Waals surface area contributed by atoms with Crippen LogP contribution >= 0.6 is 23.6 Å². The number of rotatable bonds is 2. The van der Waals surface area contributed by atoms with Gasteiger partial charge in [-0.1, -0.05) is 6.07 Å². The van der Waals surface area contributed by atoms with Crippen molar-refractivity contribution in [2.45, 2.75) is 19.9 Å². The first kappa shape index (κ1) is 11.6. The Morgan fingerprint density at radius 1 is 1.44 bits per heavy atom. The number of aromatic nitrogens is 3. The van der Waals surface area contributed by atoms with Crippen LogP contribution in [0.3, 0.4) is 0 Å². The number of H-pyrrole nitrogens is 1. The Morgan fingerprint density at radius 3 is 3.00 bits per heavy atom. The Hall–Kier alpha value is -1.46. The third kappa shape index (κ3) is 1.79. The molecule has 0 amide bonds. The zero-order valence-electron chi connectivity index (χ0n) is 10.2. The zero-order chi connectivity index (χ0) is 12.7. The molecule has 1 atom stereocenters. The lowest BCUT2D eigenvalue weighted by Gasteiger charge is -2.11. The van der Waals surface area contributed by atoms with Crippen LogP contribution in [0.1, 0.15) is 23.5 Å². The predicted molar refractivity (Wildman–Crippen MR) is 77.8 cm³/mol. The molecule has 2 heterocycles. The Kier molecular flexibility index (Phi) is 2.80. The molecule has 0 saturated carbocycles. The third-order valence-electron chi connectivity index (χ3n) is 3.07. The van der Waals surface area contributed by atoms with Crippen LogP contribution in [0.2, 0.25) is 0 Å². The van der Waals surface area contributed by atoms with Gasteiger partial charge in [-0.2, -0.15) is 0 Å². The molecule has 0 aliphatic heterocycles. The molecule has 0 aliphatic rings. The number of nitrogens with one attached hydrogen (secondary N) is 1. The average Bonchev–Trinajstić information content (AvgIpc) is 2.94. The van der Waals surface area contributed by atoms with Gasteiger partial charge in [-0.3, -0.25) is 0 Å². The van der Waals surface area contributed by atoms with Crippen LogP contribution in [0.25, 0.3) is 11.0 Å². The summed E-state index contributed by atoms with van der Waals surface area (Å²) in [6, 6.07) is 6.50. The summed E-state index contributed by atoms with van der Waals surface area (Å²) in [4.78, 5) is 7.64. The molecule has 1 aromatic carbocycles. The number of aromatic amines is 1. The van der Waals surface area contributed by atoms with Crippen LogP contribution in [0, 0.1) is 11.7 Å². The average molecular weight is 275 g/mol. The molecule has 0 fully saturated rings. The minimum absolute atomic E-state index is 0.161. The van der Waals surface area contributed by atoms with Crippen molar-refractivity contribution in [1.29, 1.82) is 0 Å². The highest BCUT2D eigenvalue weighted by Crippen LogP contribution is 2.25. The smallest absolute Gasteiger partial charge is 0.178 e. The molecule has 3 rings (SSSR count). The quantitative estimate of drug-likeness (QED) is 0.715. The fourth-order valence-electron chi connectivity index (χ4n) is 2.18. The Bertz CT molecular complexity index is 737. The molecule has 18 heavy (non-hydrogen) atoms. The van der Waals surface area contributed by atoms with E-state index in [0.29, 0.717) is 0 Å². The van der Waals surface area contributed by atoms with Gasteiger partial charge in [0.2, 0.25) is 0 Å². The maximum Gasteiger partial charge on any atom is 0.178 e. The maximum atomic E-state index is 5.43. The highest BCUT2D eigenvalue weighted by atomic mass is 32.1. The molecule has 5 heteroatoms. The second-order valence-corrected chi connectivity index (χ2v) is 5.68. The monoisotopic (exact) mass is 275 g/mol. The van der Waals surface area contributed by atoms with Crippen LogP contribution in [-0.2, 0) is 0 Å². The van der Waals surface area contributed by atoms with E-state index in [4.69, 9.17) is 12.2 Å². The fourth-order valence-corrected chi connectivity index (χ4v) is 3.23. The lowest BCUT2D eigenvalue weighted by molar-refractivity contribution is 0.644. The van der Waals surface area contributed by atoms with E-state index in [1.54, 1.807) is 11.3 Å². The summed E-state index contributed by atoms with van der Waals surface area (Å²) in [6.45, 7) is 4.21. The number of hydrogen-bond donors (Lipinski definition) is 1. The molecule has 0 radical (unpaired) electrons. The van der Waals surface area contributed by atoms with Gasteiger partial charge in [0.25, 0.3) is 0 Å². The predicted octanol–water partition coefficient (Wildman–Crippen LogP) is 4.07. The topological polar surface area (TPSA) is 33.6 Å². The summed E-state index contributed by atoms with van der Waals surface area (Å²) < 4.78 is 2.88. The molecule has 0 aliphatic carbocycles. The minimum atomic E-state index is 0.161. The van der Waals surface area contributed by atoms with Gasteiger partial charge in [0.05, 0.1) is 17.1 Å². The van der Waals surface area contributed by atoms with E-state index in [9.17, 15) is 0 Å². The molecule has 1 N–H and O–H groups in total. The van der Waals surface area contributed by atoms with Gasteiger partial charge in [0.1, 0.15) is 5.01 Å². The van der Waals surface area contributed by atoms with Crippen molar-refractivity contribution in [3.05, 3.63) is 45.1 Å². The largest absolute Gasteiger partial charge is 0.331 e. The number of fused-ring (bicyclic) bond motifs is 1. The first-order chi connectivity index (χ1) is 8.66. The number of aryl methyl sites for hydroxylation is 1. The van der Waals surface area contributed by atoms with Crippen LogP contribution in [0.15, 0.2) is 29.8 Å². The van der Waals surface area contributed by atoms with Crippen LogP contribution in [0.5, 0.6) is 0 Å². The highest BCUT2D eigenvalue weighted by molar-refractivity contribution is 7.71. The van der Waals surface area contributed by atoms with Gasteiger partial charge in [-0.05, 0) is 43.8 Å². The Labute approximate surface area is 114 Å². The van der Waals surface area contributed by atoms with Crippen LogP contribution in [-0.4, -0.2) is 14.5 Å². The molecule has 2 aromatic heterocycles. The van der Waals surface area contributed by atoms with Crippen molar-refractivity contribution >= 4 is 34.6 Å². The van der Waals surface area contributed by atoms with Crippen molar-refractivity contribution in [2.24, 2.45) is 0 Å². The Balaban J connectivity index is 2.23. The molecular formula is C13H13N3S2. The van der Waals surface area contributed by atoms with Crippen molar-refractivity contribution in [3.63, 3.8) is 0 Å². The minimum Gasteiger partial charge on any atom is -0.331 e. The molecular weight excluding hydrogens is 262 g/mol. The van der Waals surface area contributed by atoms with Crippen molar-refractivity contribution in [2.75, 3.05) is 0 Å². The molecule has 92 valence electrons. The molecule has 0 saturated heterocycles. The Morgan fingerprint density at radius 2 is 2.28 bits per heavy atom. The van der Waals surface area contributed by atoms with Crippen molar-refractivity contribution < 1.29 is 0 Å². The van der Waals surface area contributed by atoms with E-state index in [1.165, 1.54) is 5.56 Å². The van der Waals surface area contributed by atoms with E-state index < -0.39 is 0 Å². The highest BCUT2D eigenvalue weighted by Gasteiger charge is 2.14. The van der Waals surface area contributed by atoms with Gasteiger partial charge < -0.3 is 9.55 Å². The number of nitrogens with zero attached hydrogens (tertiary/aromatic N) is 2. The molecule has 0 spiro atoms. The number of thiazole rings is 1. The lowest BCUT2D eigenvalue weighted by Crippen LogP contribution is -2.06.